The lowest BCUT2D eigenvalue weighted by Crippen LogP contribution is -2.16. The molecule has 1 aromatic rings. The van der Waals surface area contributed by atoms with Gasteiger partial charge in [-0.1, -0.05) is 6.92 Å². The molecule has 0 aromatic heterocycles. The molecule has 0 fully saturated rings. The van der Waals surface area contributed by atoms with Crippen LogP contribution in [0, 0.1) is 5.92 Å². The van der Waals surface area contributed by atoms with Gasteiger partial charge in [-0.2, -0.15) is 0 Å². The highest BCUT2D eigenvalue weighted by Crippen LogP contribution is 2.29. The number of rotatable bonds is 7. The van der Waals surface area contributed by atoms with E-state index < -0.39 is 0 Å². The SMILES string of the molecule is CCC(CO)CNc1ccc(OC)c(OC)c1. The molecule has 4 nitrogen and oxygen atoms in total. The van der Waals surface area contributed by atoms with Gasteiger partial charge >= 0.3 is 0 Å². The third-order valence-electron chi connectivity index (χ3n) is 2.81. The smallest absolute Gasteiger partial charge is 0.162 e. The molecule has 0 spiro atoms. The third-order valence-corrected chi connectivity index (χ3v) is 2.81. The van der Waals surface area contributed by atoms with Crippen molar-refractivity contribution in [3.63, 3.8) is 0 Å². The minimum atomic E-state index is 0.205. The van der Waals surface area contributed by atoms with Crippen LogP contribution in [0.1, 0.15) is 13.3 Å². The molecule has 0 aliphatic rings. The summed E-state index contributed by atoms with van der Waals surface area (Å²) in [4.78, 5) is 0. The molecular weight excluding hydrogens is 218 g/mol. The maximum absolute atomic E-state index is 9.10. The fraction of sp³-hybridized carbons (Fsp3) is 0.538. The van der Waals surface area contributed by atoms with Crippen LogP contribution in [0.3, 0.4) is 0 Å². The van der Waals surface area contributed by atoms with E-state index in [-0.39, 0.29) is 12.5 Å². The van der Waals surface area contributed by atoms with Gasteiger partial charge in [-0.25, -0.2) is 0 Å². The lowest BCUT2D eigenvalue weighted by atomic mass is 10.1. The summed E-state index contributed by atoms with van der Waals surface area (Å²) in [7, 11) is 3.23. The Morgan fingerprint density at radius 3 is 2.47 bits per heavy atom. The Hall–Kier alpha value is -1.42. The summed E-state index contributed by atoms with van der Waals surface area (Å²) in [6.07, 6.45) is 0.955. The van der Waals surface area contributed by atoms with E-state index in [0.717, 1.165) is 18.7 Å². The zero-order valence-electron chi connectivity index (χ0n) is 10.7. The number of aliphatic hydroxyl groups excluding tert-OH is 1. The van der Waals surface area contributed by atoms with Crippen LogP contribution in [0.4, 0.5) is 5.69 Å². The number of aliphatic hydroxyl groups is 1. The number of nitrogens with one attached hydrogen (secondary N) is 1. The zero-order valence-corrected chi connectivity index (χ0v) is 10.7. The molecule has 4 heteroatoms. The van der Waals surface area contributed by atoms with Crippen LogP contribution < -0.4 is 14.8 Å². The molecule has 0 saturated heterocycles. The molecule has 0 aliphatic heterocycles. The van der Waals surface area contributed by atoms with Crippen LogP contribution in [-0.2, 0) is 0 Å². The van der Waals surface area contributed by atoms with Gasteiger partial charge in [0.05, 0.1) is 14.2 Å². The number of hydrogen-bond donors (Lipinski definition) is 2. The van der Waals surface area contributed by atoms with Crippen molar-refractivity contribution in [1.29, 1.82) is 0 Å². The van der Waals surface area contributed by atoms with E-state index in [2.05, 4.69) is 12.2 Å². The fourth-order valence-corrected chi connectivity index (χ4v) is 1.55. The minimum absolute atomic E-state index is 0.205. The topological polar surface area (TPSA) is 50.7 Å². The summed E-state index contributed by atoms with van der Waals surface area (Å²) in [5, 5.41) is 12.4. The Kier molecular flexibility index (Phi) is 5.63. The number of hydrogen-bond acceptors (Lipinski definition) is 4. The van der Waals surface area contributed by atoms with Crippen molar-refractivity contribution >= 4 is 5.69 Å². The fourth-order valence-electron chi connectivity index (χ4n) is 1.55. The number of methoxy groups -OCH3 is 2. The normalized spacial score (nSPS) is 12.0. The van der Waals surface area contributed by atoms with E-state index in [9.17, 15) is 0 Å². The summed E-state index contributed by atoms with van der Waals surface area (Å²) in [6.45, 7) is 3.02. The van der Waals surface area contributed by atoms with Gasteiger partial charge in [0.15, 0.2) is 11.5 Å². The number of ether oxygens (including phenoxy) is 2. The monoisotopic (exact) mass is 239 g/mol. The number of anilines is 1. The predicted octanol–water partition coefficient (Wildman–Crippen LogP) is 2.13. The molecule has 0 aliphatic carbocycles. The molecule has 2 N–H and O–H groups in total. The van der Waals surface area contributed by atoms with E-state index >= 15 is 0 Å². The average Bonchev–Trinajstić information content (AvgIpc) is 2.39. The Labute approximate surface area is 103 Å². The standard InChI is InChI=1S/C13H21NO3/c1-4-10(9-15)8-14-11-5-6-12(16-2)13(7-11)17-3/h5-7,10,14-15H,4,8-9H2,1-3H3. The van der Waals surface area contributed by atoms with Gasteiger partial charge in [0, 0.05) is 24.9 Å². The second kappa shape index (κ2) is 7.01. The van der Waals surface area contributed by atoms with Crippen molar-refractivity contribution < 1.29 is 14.6 Å². The highest BCUT2D eigenvalue weighted by atomic mass is 16.5. The second-order valence-electron chi connectivity index (χ2n) is 3.91. The van der Waals surface area contributed by atoms with E-state index in [4.69, 9.17) is 14.6 Å². The molecule has 1 rings (SSSR count). The van der Waals surface area contributed by atoms with Gasteiger partial charge in [0.2, 0.25) is 0 Å². The molecule has 0 amide bonds. The first-order valence-corrected chi connectivity index (χ1v) is 5.81. The lowest BCUT2D eigenvalue weighted by molar-refractivity contribution is 0.230. The van der Waals surface area contributed by atoms with Crippen molar-refractivity contribution in [2.24, 2.45) is 5.92 Å². The Morgan fingerprint density at radius 2 is 1.94 bits per heavy atom. The van der Waals surface area contributed by atoms with Gasteiger partial charge in [0.1, 0.15) is 0 Å². The second-order valence-corrected chi connectivity index (χ2v) is 3.91. The van der Waals surface area contributed by atoms with Crippen LogP contribution in [-0.4, -0.2) is 32.5 Å². The molecule has 0 heterocycles. The van der Waals surface area contributed by atoms with Crippen LogP contribution in [0.2, 0.25) is 0 Å². The van der Waals surface area contributed by atoms with Gasteiger partial charge in [0.25, 0.3) is 0 Å². The summed E-state index contributed by atoms with van der Waals surface area (Å²) in [5.41, 5.74) is 0.967. The van der Waals surface area contributed by atoms with Gasteiger partial charge in [-0.3, -0.25) is 0 Å². The van der Waals surface area contributed by atoms with Crippen molar-refractivity contribution in [3.05, 3.63) is 18.2 Å². The lowest BCUT2D eigenvalue weighted by Gasteiger charge is -2.15. The molecule has 1 unspecified atom stereocenters. The predicted molar refractivity (Wildman–Crippen MR) is 68.9 cm³/mol. The van der Waals surface area contributed by atoms with Gasteiger partial charge in [-0.15, -0.1) is 0 Å². The summed E-state index contributed by atoms with van der Waals surface area (Å²) in [5.74, 6) is 1.70. The van der Waals surface area contributed by atoms with Crippen LogP contribution >= 0.6 is 0 Å². The Bertz CT molecular complexity index is 337. The molecule has 0 radical (unpaired) electrons. The first-order valence-electron chi connectivity index (χ1n) is 5.81. The molecule has 1 aromatic carbocycles. The van der Waals surface area contributed by atoms with Crippen molar-refractivity contribution in [1.82, 2.24) is 0 Å². The molecular formula is C13H21NO3. The molecule has 96 valence electrons. The van der Waals surface area contributed by atoms with E-state index in [1.807, 2.05) is 18.2 Å². The molecule has 0 bridgehead atoms. The minimum Gasteiger partial charge on any atom is -0.493 e. The van der Waals surface area contributed by atoms with E-state index in [0.29, 0.717) is 11.5 Å². The molecule has 1 atom stereocenters. The van der Waals surface area contributed by atoms with Crippen LogP contribution in [0.5, 0.6) is 11.5 Å². The molecule has 17 heavy (non-hydrogen) atoms. The maximum atomic E-state index is 9.10. The Balaban J connectivity index is 2.66. The highest BCUT2D eigenvalue weighted by Gasteiger charge is 2.07. The van der Waals surface area contributed by atoms with E-state index in [1.165, 1.54) is 0 Å². The van der Waals surface area contributed by atoms with Gasteiger partial charge < -0.3 is 19.9 Å². The summed E-state index contributed by atoms with van der Waals surface area (Å²) in [6, 6.07) is 5.69. The third kappa shape index (κ3) is 3.82. The largest absolute Gasteiger partial charge is 0.493 e. The van der Waals surface area contributed by atoms with Crippen molar-refractivity contribution in [2.45, 2.75) is 13.3 Å². The summed E-state index contributed by atoms with van der Waals surface area (Å²) < 4.78 is 10.4. The van der Waals surface area contributed by atoms with Crippen molar-refractivity contribution in [3.8, 4) is 11.5 Å². The van der Waals surface area contributed by atoms with Crippen molar-refractivity contribution in [2.75, 3.05) is 32.7 Å². The highest BCUT2D eigenvalue weighted by molar-refractivity contribution is 5.54. The first kappa shape index (κ1) is 13.6. The van der Waals surface area contributed by atoms with Gasteiger partial charge in [-0.05, 0) is 24.5 Å². The zero-order chi connectivity index (χ0) is 12.7. The molecule has 0 saturated carbocycles. The maximum Gasteiger partial charge on any atom is 0.162 e. The summed E-state index contributed by atoms with van der Waals surface area (Å²) >= 11 is 0. The first-order chi connectivity index (χ1) is 8.24. The van der Waals surface area contributed by atoms with Crippen LogP contribution in [0.25, 0.3) is 0 Å². The van der Waals surface area contributed by atoms with E-state index in [1.54, 1.807) is 14.2 Å². The average molecular weight is 239 g/mol. The quantitative estimate of drug-likeness (QED) is 0.765. The number of benzene rings is 1. The van der Waals surface area contributed by atoms with Crippen LogP contribution in [0.15, 0.2) is 18.2 Å². The Morgan fingerprint density at radius 1 is 1.24 bits per heavy atom.